The van der Waals surface area contributed by atoms with E-state index in [0.29, 0.717) is 6.04 Å². The lowest BCUT2D eigenvalue weighted by Gasteiger charge is -2.39. The highest BCUT2D eigenvalue weighted by molar-refractivity contribution is 5.96. The molecule has 0 heterocycles. The Hall–Kier alpha value is -0.830. The van der Waals surface area contributed by atoms with Crippen molar-refractivity contribution in [3.63, 3.8) is 0 Å². The molecular weight excluding hydrogens is 236 g/mol. The zero-order valence-corrected chi connectivity index (χ0v) is 12.4. The molecular formula is C16H28N2O. The molecule has 1 fully saturated rings. The van der Waals surface area contributed by atoms with Gasteiger partial charge >= 0.3 is 0 Å². The monoisotopic (exact) mass is 264 g/mol. The van der Waals surface area contributed by atoms with E-state index in [2.05, 4.69) is 30.0 Å². The molecule has 19 heavy (non-hydrogen) atoms. The molecule has 0 aliphatic heterocycles. The largest absolute Gasteiger partial charge is 0.411 e. The fourth-order valence-electron chi connectivity index (χ4n) is 3.68. The van der Waals surface area contributed by atoms with Crippen molar-refractivity contribution in [1.29, 1.82) is 0 Å². The quantitative estimate of drug-likeness (QED) is 0.605. The third kappa shape index (κ3) is 3.59. The third-order valence-corrected chi connectivity index (χ3v) is 4.61. The summed E-state index contributed by atoms with van der Waals surface area (Å²) in [5, 5.41) is 12.4. The second-order valence-corrected chi connectivity index (χ2v) is 6.02. The van der Waals surface area contributed by atoms with Crippen LogP contribution in [0.5, 0.6) is 0 Å². The van der Waals surface area contributed by atoms with E-state index in [-0.39, 0.29) is 0 Å². The Balaban J connectivity index is 2.04. The number of allylic oxidation sites excluding steroid dienone is 1. The maximum atomic E-state index is 8.96. The Labute approximate surface area is 117 Å². The SMILES string of the molecule is CCCN(CCC)[C@H]1CC[C@H]2CC/C(=N\O)C=C2C1. The highest BCUT2D eigenvalue weighted by Gasteiger charge is 2.30. The van der Waals surface area contributed by atoms with Crippen LogP contribution in [0.4, 0.5) is 0 Å². The van der Waals surface area contributed by atoms with E-state index in [1.54, 1.807) is 0 Å². The van der Waals surface area contributed by atoms with Crippen molar-refractivity contribution < 1.29 is 5.21 Å². The van der Waals surface area contributed by atoms with Crippen LogP contribution in [0.15, 0.2) is 16.8 Å². The summed E-state index contributed by atoms with van der Waals surface area (Å²) in [6, 6.07) is 0.709. The molecule has 0 unspecified atom stereocenters. The Kier molecular flexibility index (Phi) is 5.44. The van der Waals surface area contributed by atoms with Gasteiger partial charge in [0.15, 0.2) is 0 Å². The van der Waals surface area contributed by atoms with Crippen molar-refractivity contribution >= 4 is 5.71 Å². The van der Waals surface area contributed by atoms with E-state index in [4.69, 9.17) is 5.21 Å². The number of rotatable bonds is 5. The summed E-state index contributed by atoms with van der Waals surface area (Å²) < 4.78 is 0. The Morgan fingerprint density at radius 2 is 1.95 bits per heavy atom. The molecule has 2 aliphatic rings. The first-order valence-electron chi connectivity index (χ1n) is 7.93. The lowest BCUT2D eigenvalue weighted by atomic mass is 9.75. The molecule has 0 amide bonds. The van der Waals surface area contributed by atoms with Crippen molar-refractivity contribution in [2.24, 2.45) is 11.1 Å². The molecule has 0 bridgehead atoms. The molecule has 0 spiro atoms. The second kappa shape index (κ2) is 7.09. The molecule has 2 aliphatic carbocycles. The van der Waals surface area contributed by atoms with Gasteiger partial charge in [-0.15, -0.1) is 0 Å². The first-order valence-corrected chi connectivity index (χ1v) is 7.93. The minimum Gasteiger partial charge on any atom is -0.411 e. The average molecular weight is 264 g/mol. The van der Waals surface area contributed by atoms with Crippen molar-refractivity contribution in [3.8, 4) is 0 Å². The molecule has 108 valence electrons. The zero-order valence-electron chi connectivity index (χ0n) is 12.4. The van der Waals surface area contributed by atoms with Crippen LogP contribution >= 0.6 is 0 Å². The summed E-state index contributed by atoms with van der Waals surface area (Å²) in [5.74, 6) is 0.756. The smallest absolute Gasteiger partial charge is 0.0795 e. The lowest BCUT2D eigenvalue weighted by molar-refractivity contribution is 0.158. The Morgan fingerprint density at radius 1 is 1.21 bits per heavy atom. The van der Waals surface area contributed by atoms with Crippen LogP contribution in [-0.2, 0) is 0 Å². The fourth-order valence-corrected chi connectivity index (χ4v) is 3.68. The number of hydrogen-bond donors (Lipinski definition) is 1. The van der Waals surface area contributed by atoms with Gasteiger partial charge < -0.3 is 10.1 Å². The van der Waals surface area contributed by atoms with Crippen LogP contribution in [-0.4, -0.2) is 35.0 Å². The van der Waals surface area contributed by atoms with Crippen LogP contribution in [0.1, 0.15) is 58.8 Å². The van der Waals surface area contributed by atoms with Gasteiger partial charge in [-0.2, -0.15) is 0 Å². The van der Waals surface area contributed by atoms with E-state index in [1.807, 2.05) is 0 Å². The summed E-state index contributed by atoms with van der Waals surface area (Å²) in [4.78, 5) is 2.67. The van der Waals surface area contributed by atoms with Crippen LogP contribution in [0.3, 0.4) is 0 Å². The molecule has 3 heteroatoms. The number of oxime groups is 1. The Bertz CT molecular complexity index is 343. The maximum absolute atomic E-state index is 8.96. The minimum absolute atomic E-state index is 0.709. The first-order chi connectivity index (χ1) is 9.28. The number of fused-ring (bicyclic) bond motifs is 1. The molecule has 2 atom stereocenters. The highest BCUT2D eigenvalue weighted by atomic mass is 16.4. The minimum atomic E-state index is 0.709. The van der Waals surface area contributed by atoms with E-state index >= 15 is 0 Å². The van der Waals surface area contributed by atoms with Gasteiger partial charge in [-0.25, -0.2) is 0 Å². The van der Waals surface area contributed by atoms with Crippen LogP contribution in [0, 0.1) is 5.92 Å². The molecule has 0 aromatic carbocycles. The van der Waals surface area contributed by atoms with E-state index in [9.17, 15) is 0 Å². The normalized spacial score (nSPS) is 29.4. The molecule has 3 nitrogen and oxygen atoms in total. The third-order valence-electron chi connectivity index (χ3n) is 4.61. The van der Waals surface area contributed by atoms with E-state index in [1.165, 1.54) is 57.2 Å². The molecule has 1 saturated carbocycles. The number of hydrogen-bond acceptors (Lipinski definition) is 3. The van der Waals surface area contributed by atoms with Gasteiger partial charge in [0.1, 0.15) is 0 Å². The van der Waals surface area contributed by atoms with Crippen LogP contribution in [0.25, 0.3) is 0 Å². The van der Waals surface area contributed by atoms with Crippen molar-refractivity contribution in [1.82, 2.24) is 4.90 Å². The first kappa shape index (κ1) is 14.6. The van der Waals surface area contributed by atoms with Crippen molar-refractivity contribution in [2.45, 2.75) is 64.8 Å². The maximum Gasteiger partial charge on any atom is 0.0795 e. The van der Waals surface area contributed by atoms with E-state index in [0.717, 1.165) is 18.1 Å². The zero-order chi connectivity index (χ0) is 13.7. The summed E-state index contributed by atoms with van der Waals surface area (Å²) >= 11 is 0. The van der Waals surface area contributed by atoms with Gasteiger partial charge in [0.2, 0.25) is 0 Å². The number of nitrogens with zero attached hydrogens (tertiary/aromatic N) is 2. The summed E-state index contributed by atoms with van der Waals surface area (Å²) in [5.41, 5.74) is 2.41. The van der Waals surface area contributed by atoms with Crippen molar-refractivity contribution in [2.75, 3.05) is 13.1 Å². The standard InChI is InChI=1S/C16H28N2O/c1-3-9-18(10-4-2)16-8-6-13-5-7-15(17-19)11-14(13)12-16/h11,13,16,19H,3-10,12H2,1-2H3/b17-15+/t13-,16+/m1/s1. The van der Waals surface area contributed by atoms with Gasteiger partial charge in [-0.05, 0) is 70.0 Å². The van der Waals surface area contributed by atoms with Crippen LogP contribution in [0.2, 0.25) is 0 Å². The predicted octanol–water partition coefficient (Wildman–Crippen LogP) is 3.83. The Morgan fingerprint density at radius 3 is 2.58 bits per heavy atom. The van der Waals surface area contributed by atoms with Crippen molar-refractivity contribution in [3.05, 3.63) is 11.6 Å². The van der Waals surface area contributed by atoms with E-state index < -0.39 is 0 Å². The topological polar surface area (TPSA) is 35.8 Å². The lowest BCUT2D eigenvalue weighted by Crippen LogP contribution is -2.40. The fraction of sp³-hybridized carbons (Fsp3) is 0.812. The molecule has 0 aromatic heterocycles. The summed E-state index contributed by atoms with van der Waals surface area (Å²) in [6.07, 6.45) is 10.6. The molecule has 0 aromatic rings. The van der Waals surface area contributed by atoms with Gasteiger partial charge in [0, 0.05) is 6.04 Å². The van der Waals surface area contributed by atoms with Gasteiger partial charge in [0.05, 0.1) is 5.71 Å². The van der Waals surface area contributed by atoms with Gasteiger partial charge in [-0.3, -0.25) is 0 Å². The molecule has 0 saturated heterocycles. The molecule has 0 radical (unpaired) electrons. The average Bonchev–Trinajstić information content (AvgIpc) is 2.46. The summed E-state index contributed by atoms with van der Waals surface area (Å²) in [6.45, 7) is 6.98. The second-order valence-electron chi connectivity index (χ2n) is 6.02. The summed E-state index contributed by atoms with van der Waals surface area (Å²) in [7, 11) is 0. The van der Waals surface area contributed by atoms with Gasteiger partial charge in [0.25, 0.3) is 0 Å². The highest BCUT2D eigenvalue weighted by Crippen LogP contribution is 2.37. The van der Waals surface area contributed by atoms with Crippen LogP contribution < -0.4 is 0 Å². The molecule has 1 N–H and O–H groups in total. The van der Waals surface area contributed by atoms with Gasteiger partial charge in [-0.1, -0.05) is 24.6 Å². The molecule has 2 rings (SSSR count). The predicted molar refractivity (Wildman–Crippen MR) is 79.8 cm³/mol.